The Hall–Kier alpha value is -1.66. The number of halogens is 1. The summed E-state index contributed by atoms with van der Waals surface area (Å²) in [6.45, 7) is 6.52. The fourth-order valence-corrected chi connectivity index (χ4v) is 3.31. The van der Waals surface area contributed by atoms with Crippen molar-refractivity contribution in [3.63, 3.8) is 0 Å². The number of hydrogen-bond donors (Lipinski definition) is 0. The van der Waals surface area contributed by atoms with Gasteiger partial charge in [0, 0.05) is 18.4 Å². The van der Waals surface area contributed by atoms with Gasteiger partial charge in [0.15, 0.2) is 0 Å². The van der Waals surface area contributed by atoms with E-state index in [9.17, 15) is 18.8 Å². The standard InChI is InChI=1S/C15H22FNO5/c1-7-9-10(16)8(12(7)18)6-17(11(9)13(19)21-5)14(20)22-15(2,3)4/h7-11H,6H2,1-5H3/t7-,8+,9-,10-,11+/m1/s1. The summed E-state index contributed by atoms with van der Waals surface area (Å²) in [4.78, 5) is 37.7. The Bertz CT molecular complexity index is 501. The number of carbonyl (C=O) groups is 3. The molecule has 0 spiro atoms. The highest BCUT2D eigenvalue weighted by Crippen LogP contribution is 2.44. The quantitative estimate of drug-likeness (QED) is 0.687. The molecule has 0 aromatic carbocycles. The van der Waals surface area contributed by atoms with Gasteiger partial charge in [-0.15, -0.1) is 0 Å². The zero-order chi connectivity index (χ0) is 16.8. The van der Waals surface area contributed by atoms with Crippen LogP contribution in [0.3, 0.4) is 0 Å². The highest BCUT2D eigenvalue weighted by atomic mass is 19.1. The first-order valence-electron chi connectivity index (χ1n) is 7.33. The van der Waals surface area contributed by atoms with Crippen LogP contribution in [0.1, 0.15) is 27.7 Å². The summed E-state index contributed by atoms with van der Waals surface area (Å²) in [6, 6.07) is -1.13. The van der Waals surface area contributed by atoms with Gasteiger partial charge in [0.25, 0.3) is 0 Å². The number of ether oxygens (including phenoxy) is 2. The number of methoxy groups -OCH3 is 1. The van der Waals surface area contributed by atoms with Crippen molar-refractivity contribution in [3.05, 3.63) is 0 Å². The van der Waals surface area contributed by atoms with E-state index in [1.165, 1.54) is 7.11 Å². The summed E-state index contributed by atoms with van der Waals surface area (Å²) < 4.78 is 24.4. The second kappa shape index (κ2) is 5.52. The first-order chi connectivity index (χ1) is 10.1. The van der Waals surface area contributed by atoms with Crippen LogP contribution in [0.5, 0.6) is 0 Å². The lowest BCUT2D eigenvalue weighted by Gasteiger charge is -2.40. The van der Waals surface area contributed by atoms with Crippen LogP contribution in [0.25, 0.3) is 0 Å². The number of Topliss-reactive ketones (excluding diaryl/α,β-unsaturated/α-hetero) is 1. The van der Waals surface area contributed by atoms with E-state index in [4.69, 9.17) is 9.47 Å². The van der Waals surface area contributed by atoms with E-state index < -0.39 is 47.6 Å². The summed E-state index contributed by atoms with van der Waals surface area (Å²) >= 11 is 0. The molecule has 6 nitrogen and oxygen atoms in total. The summed E-state index contributed by atoms with van der Waals surface area (Å²) in [5.41, 5.74) is -0.751. The fraction of sp³-hybridized carbons (Fsp3) is 0.800. The predicted octanol–water partition coefficient (Wildman–Crippen LogP) is 1.57. The molecule has 7 heteroatoms. The molecule has 1 aliphatic heterocycles. The average molecular weight is 315 g/mol. The number of hydrogen-bond acceptors (Lipinski definition) is 5. The monoisotopic (exact) mass is 315 g/mol. The van der Waals surface area contributed by atoms with Crippen molar-refractivity contribution < 1.29 is 28.2 Å². The molecule has 1 saturated heterocycles. The van der Waals surface area contributed by atoms with Gasteiger partial charge in [0.1, 0.15) is 23.6 Å². The highest BCUT2D eigenvalue weighted by molar-refractivity contribution is 5.92. The Morgan fingerprint density at radius 3 is 2.41 bits per heavy atom. The molecule has 0 N–H and O–H groups in total. The molecule has 1 heterocycles. The number of rotatable bonds is 1. The van der Waals surface area contributed by atoms with E-state index in [-0.39, 0.29) is 12.3 Å². The third-order valence-electron chi connectivity index (χ3n) is 4.31. The maximum Gasteiger partial charge on any atom is 0.411 e. The first-order valence-corrected chi connectivity index (χ1v) is 7.33. The van der Waals surface area contributed by atoms with Crippen LogP contribution >= 0.6 is 0 Å². The van der Waals surface area contributed by atoms with Gasteiger partial charge in [-0.3, -0.25) is 9.69 Å². The van der Waals surface area contributed by atoms with Crippen LogP contribution in [0.4, 0.5) is 9.18 Å². The zero-order valence-corrected chi connectivity index (χ0v) is 13.5. The zero-order valence-electron chi connectivity index (χ0n) is 13.5. The molecule has 2 rings (SSSR count). The average Bonchev–Trinajstić information content (AvgIpc) is 2.55. The maximum atomic E-state index is 14.4. The van der Waals surface area contributed by atoms with Gasteiger partial charge in [-0.2, -0.15) is 0 Å². The van der Waals surface area contributed by atoms with E-state index >= 15 is 0 Å². The molecule has 22 heavy (non-hydrogen) atoms. The maximum absolute atomic E-state index is 14.4. The summed E-state index contributed by atoms with van der Waals surface area (Å²) in [6.07, 6.45) is -2.17. The number of alkyl halides is 1. The summed E-state index contributed by atoms with van der Waals surface area (Å²) in [5.74, 6) is -3.38. The Morgan fingerprint density at radius 2 is 1.91 bits per heavy atom. The third kappa shape index (κ3) is 2.68. The van der Waals surface area contributed by atoms with Gasteiger partial charge in [-0.05, 0) is 20.8 Å². The molecule has 1 amide bonds. The van der Waals surface area contributed by atoms with Crippen LogP contribution in [0.2, 0.25) is 0 Å². The first kappa shape index (κ1) is 16.7. The van der Waals surface area contributed by atoms with Gasteiger partial charge in [0.05, 0.1) is 13.0 Å². The van der Waals surface area contributed by atoms with Crippen LogP contribution in [-0.2, 0) is 19.1 Å². The Kier molecular flexibility index (Phi) is 4.19. The lowest BCUT2D eigenvalue weighted by molar-refractivity contribution is -0.153. The molecule has 1 aliphatic carbocycles. The van der Waals surface area contributed by atoms with Crippen LogP contribution in [0.15, 0.2) is 0 Å². The second-order valence-electron chi connectivity index (χ2n) is 6.92. The molecule has 2 bridgehead atoms. The lowest BCUT2D eigenvalue weighted by Crippen LogP contribution is -2.58. The molecule has 5 atom stereocenters. The Morgan fingerprint density at radius 1 is 1.32 bits per heavy atom. The second-order valence-corrected chi connectivity index (χ2v) is 6.92. The van der Waals surface area contributed by atoms with Gasteiger partial charge >= 0.3 is 12.1 Å². The minimum absolute atomic E-state index is 0.157. The smallest absolute Gasteiger partial charge is 0.411 e. The predicted molar refractivity (Wildman–Crippen MR) is 74.8 cm³/mol. The van der Waals surface area contributed by atoms with Crippen molar-refractivity contribution in [1.29, 1.82) is 0 Å². The molecule has 0 radical (unpaired) electrons. The molecule has 2 fully saturated rings. The van der Waals surface area contributed by atoms with E-state index in [2.05, 4.69) is 0 Å². The molecule has 2 aliphatic rings. The fourth-order valence-electron chi connectivity index (χ4n) is 3.31. The minimum atomic E-state index is -1.44. The number of amides is 1. The molecular weight excluding hydrogens is 293 g/mol. The number of likely N-dealkylation sites (tertiary alicyclic amines) is 1. The number of nitrogens with zero attached hydrogens (tertiary/aromatic N) is 1. The molecule has 0 aromatic heterocycles. The van der Waals surface area contributed by atoms with Crippen molar-refractivity contribution in [3.8, 4) is 0 Å². The number of carbonyl (C=O) groups excluding carboxylic acids is 3. The largest absolute Gasteiger partial charge is 0.467 e. The Labute approximate surface area is 128 Å². The summed E-state index contributed by atoms with van der Waals surface area (Å²) in [5, 5.41) is 0. The van der Waals surface area contributed by atoms with E-state index in [0.717, 1.165) is 4.90 Å². The van der Waals surface area contributed by atoms with Crippen LogP contribution in [-0.4, -0.2) is 54.2 Å². The lowest BCUT2D eigenvalue weighted by atomic mass is 9.85. The van der Waals surface area contributed by atoms with Gasteiger partial charge in [-0.1, -0.05) is 6.92 Å². The number of ketones is 1. The number of piperidine rings is 1. The highest BCUT2D eigenvalue weighted by Gasteiger charge is 2.60. The van der Waals surface area contributed by atoms with Crippen molar-refractivity contribution in [2.45, 2.75) is 45.5 Å². The molecule has 1 saturated carbocycles. The van der Waals surface area contributed by atoms with Crippen LogP contribution in [0, 0.1) is 17.8 Å². The van der Waals surface area contributed by atoms with Crippen molar-refractivity contribution in [2.24, 2.45) is 17.8 Å². The Balaban J connectivity index is 2.35. The number of fused-ring (bicyclic) bond motifs is 2. The van der Waals surface area contributed by atoms with Crippen molar-refractivity contribution in [1.82, 2.24) is 4.90 Å². The molecule has 0 unspecified atom stereocenters. The van der Waals surface area contributed by atoms with E-state index in [1.807, 2.05) is 0 Å². The normalized spacial score (nSPS) is 34.5. The van der Waals surface area contributed by atoms with E-state index in [0.29, 0.717) is 0 Å². The van der Waals surface area contributed by atoms with Crippen molar-refractivity contribution in [2.75, 3.05) is 13.7 Å². The third-order valence-corrected chi connectivity index (χ3v) is 4.31. The topological polar surface area (TPSA) is 72.9 Å². The van der Waals surface area contributed by atoms with Gasteiger partial charge < -0.3 is 9.47 Å². The molecule has 124 valence electrons. The molecular formula is C15H22FNO5. The molecule has 0 aromatic rings. The van der Waals surface area contributed by atoms with Gasteiger partial charge in [0.2, 0.25) is 0 Å². The van der Waals surface area contributed by atoms with Gasteiger partial charge in [-0.25, -0.2) is 14.0 Å². The van der Waals surface area contributed by atoms with Crippen LogP contribution < -0.4 is 0 Å². The van der Waals surface area contributed by atoms with Crippen molar-refractivity contribution >= 4 is 17.8 Å². The van der Waals surface area contributed by atoms with E-state index in [1.54, 1.807) is 27.7 Å². The minimum Gasteiger partial charge on any atom is -0.467 e. The number of esters is 1. The SMILES string of the molecule is COC(=O)[C@@H]1[C@H]2[C@H](F)[C@H](CN1C(=O)OC(C)(C)C)C(=O)[C@@H]2C. The summed E-state index contributed by atoms with van der Waals surface area (Å²) in [7, 11) is 1.18.